The molecular formula is C19H18ClNO2S. The van der Waals surface area contributed by atoms with Crippen molar-refractivity contribution in [2.45, 2.75) is 18.2 Å². The molecule has 1 heterocycles. The van der Waals surface area contributed by atoms with Gasteiger partial charge in [-0.25, -0.2) is 0 Å². The molecule has 0 saturated carbocycles. The maximum atomic E-state index is 12.8. The number of carbonyl (C=O) groups is 1. The number of anilines is 1. The Morgan fingerprint density at radius 3 is 2.83 bits per heavy atom. The summed E-state index contributed by atoms with van der Waals surface area (Å²) in [5.41, 5.74) is 1.63. The average molecular weight is 360 g/mol. The van der Waals surface area contributed by atoms with E-state index in [9.17, 15) is 4.79 Å². The minimum Gasteiger partial charge on any atom is -0.496 e. The molecule has 0 radical (unpaired) electrons. The number of halogens is 1. The highest BCUT2D eigenvalue weighted by atomic mass is 35.5. The number of ketones is 1. The van der Waals surface area contributed by atoms with E-state index < -0.39 is 0 Å². The number of para-hydroxylation sites is 1. The summed E-state index contributed by atoms with van der Waals surface area (Å²) < 4.78 is 5.29. The van der Waals surface area contributed by atoms with Crippen LogP contribution in [0, 0.1) is 0 Å². The van der Waals surface area contributed by atoms with Crippen molar-refractivity contribution >= 4 is 34.8 Å². The van der Waals surface area contributed by atoms with Crippen LogP contribution in [0.5, 0.6) is 5.75 Å². The summed E-state index contributed by atoms with van der Waals surface area (Å²) in [4.78, 5) is 16.1. The predicted octanol–water partition coefficient (Wildman–Crippen LogP) is 5.40. The first kappa shape index (κ1) is 16.9. The number of nitrogens with zero attached hydrogens (tertiary/aromatic N) is 1. The molecule has 0 amide bonds. The second-order valence-electron chi connectivity index (χ2n) is 5.41. The molecule has 3 rings (SSSR count). The maximum Gasteiger partial charge on any atom is 0.192 e. The minimum absolute atomic E-state index is 0.106. The first-order chi connectivity index (χ1) is 11.6. The molecule has 5 heteroatoms. The van der Waals surface area contributed by atoms with Gasteiger partial charge in [-0.2, -0.15) is 0 Å². The van der Waals surface area contributed by atoms with Gasteiger partial charge in [0, 0.05) is 22.5 Å². The lowest BCUT2D eigenvalue weighted by Crippen LogP contribution is -2.19. The summed E-state index contributed by atoms with van der Waals surface area (Å²) >= 11 is 7.66. The van der Waals surface area contributed by atoms with Crippen LogP contribution in [0.4, 0.5) is 5.69 Å². The van der Waals surface area contributed by atoms with Crippen LogP contribution in [-0.2, 0) is 0 Å². The number of fused-ring (bicyclic) bond motifs is 1. The SMILES string of the molecule is CCCN1C(=CC(=O)c2cc(Cl)ccc2OC)Sc2ccccc21. The van der Waals surface area contributed by atoms with Gasteiger partial charge in [0.15, 0.2) is 5.78 Å². The standard InChI is InChI=1S/C19H18ClNO2S/c1-3-10-21-15-6-4-5-7-18(15)24-19(21)12-16(22)14-11-13(20)8-9-17(14)23-2/h4-9,11-12H,3,10H2,1-2H3. The van der Waals surface area contributed by atoms with Crippen molar-refractivity contribution in [2.24, 2.45) is 0 Å². The molecule has 0 aromatic heterocycles. The Morgan fingerprint density at radius 1 is 1.29 bits per heavy atom. The van der Waals surface area contributed by atoms with Gasteiger partial charge in [0.2, 0.25) is 0 Å². The van der Waals surface area contributed by atoms with Crippen LogP contribution in [0.1, 0.15) is 23.7 Å². The lowest BCUT2D eigenvalue weighted by atomic mass is 10.1. The van der Waals surface area contributed by atoms with E-state index in [-0.39, 0.29) is 5.78 Å². The molecule has 1 aliphatic heterocycles. The molecule has 2 aromatic rings. The molecule has 124 valence electrons. The Hall–Kier alpha value is -1.91. The summed E-state index contributed by atoms with van der Waals surface area (Å²) in [7, 11) is 1.55. The van der Waals surface area contributed by atoms with Gasteiger partial charge in [-0.3, -0.25) is 4.79 Å². The zero-order chi connectivity index (χ0) is 17.1. The topological polar surface area (TPSA) is 29.5 Å². The lowest BCUT2D eigenvalue weighted by molar-refractivity contribution is 0.104. The fraction of sp³-hybridized carbons (Fsp3) is 0.211. The van der Waals surface area contributed by atoms with E-state index in [0.29, 0.717) is 16.3 Å². The summed E-state index contributed by atoms with van der Waals surface area (Å²) in [6.45, 7) is 3.00. The largest absolute Gasteiger partial charge is 0.496 e. The third-order valence-electron chi connectivity index (χ3n) is 3.77. The maximum absolute atomic E-state index is 12.8. The molecule has 0 bridgehead atoms. The summed E-state index contributed by atoms with van der Waals surface area (Å²) in [6, 6.07) is 13.3. The second kappa shape index (κ2) is 7.32. The zero-order valence-electron chi connectivity index (χ0n) is 13.6. The number of thioether (sulfide) groups is 1. The number of hydrogen-bond acceptors (Lipinski definition) is 4. The van der Waals surface area contributed by atoms with E-state index in [0.717, 1.165) is 23.7 Å². The van der Waals surface area contributed by atoms with Crippen molar-refractivity contribution in [3.05, 3.63) is 64.2 Å². The molecule has 24 heavy (non-hydrogen) atoms. The molecular weight excluding hydrogens is 342 g/mol. The van der Waals surface area contributed by atoms with Gasteiger partial charge in [-0.05, 0) is 36.8 Å². The van der Waals surface area contributed by atoms with Gasteiger partial charge in [-0.15, -0.1) is 0 Å². The van der Waals surface area contributed by atoms with Crippen molar-refractivity contribution in [2.75, 3.05) is 18.6 Å². The Labute approximate surface area is 151 Å². The van der Waals surface area contributed by atoms with Gasteiger partial charge < -0.3 is 9.64 Å². The van der Waals surface area contributed by atoms with Crippen LogP contribution in [0.2, 0.25) is 5.02 Å². The second-order valence-corrected chi connectivity index (χ2v) is 6.91. The fourth-order valence-electron chi connectivity index (χ4n) is 2.68. The highest BCUT2D eigenvalue weighted by molar-refractivity contribution is 8.03. The number of hydrogen-bond donors (Lipinski definition) is 0. The number of benzene rings is 2. The Kier molecular flexibility index (Phi) is 5.17. The number of rotatable bonds is 5. The molecule has 0 aliphatic carbocycles. The summed E-state index contributed by atoms with van der Waals surface area (Å²) in [6.07, 6.45) is 2.68. The molecule has 3 nitrogen and oxygen atoms in total. The van der Waals surface area contributed by atoms with Gasteiger partial charge >= 0.3 is 0 Å². The molecule has 0 atom stereocenters. The normalized spacial score (nSPS) is 14.8. The summed E-state index contributed by atoms with van der Waals surface area (Å²) in [5.74, 6) is 0.426. The smallest absolute Gasteiger partial charge is 0.192 e. The average Bonchev–Trinajstić information content (AvgIpc) is 2.93. The minimum atomic E-state index is -0.106. The molecule has 0 fully saturated rings. The van der Waals surface area contributed by atoms with E-state index in [1.165, 1.54) is 4.90 Å². The van der Waals surface area contributed by atoms with Crippen LogP contribution in [-0.4, -0.2) is 19.4 Å². The molecule has 0 N–H and O–H groups in total. The van der Waals surface area contributed by atoms with Crippen LogP contribution >= 0.6 is 23.4 Å². The van der Waals surface area contributed by atoms with Crippen LogP contribution in [0.15, 0.2) is 58.5 Å². The monoisotopic (exact) mass is 359 g/mol. The molecule has 1 aliphatic rings. The van der Waals surface area contributed by atoms with Crippen molar-refractivity contribution in [3.8, 4) is 5.75 Å². The van der Waals surface area contributed by atoms with Crippen LogP contribution in [0.3, 0.4) is 0 Å². The third-order valence-corrected chi connectivity index (χ3v) is 5.11. The molecule has 0 unspecified atom stereocenters. The van der Waals surface area contributed by atoms with Crippen molar-refractivity contribution < 1.29 is 9.53 Å². The van der Waals surface area contributed by atoms with Gasteiger partial charge in [0.25, 0.3) is 0 Å². The molecule has 0 saturated heterocycles. The number of methoxy groups -OCH3 is 1. The van der Waals surface area contributed by atoms with Gasteiger partial charge in [0.05, 0.1) is 23.4 Å². The molecule has 0 spiro atoms. The Balaban J connectivity index is 1.96. The van der Waals surface area contributed by atoms with Crippen molar-refractivity contribution in [1.82, 2.24) is 0 Å². The van der Waals surface area contributed by atoms with Gasteiger partial charge in [-0.1, -0.05) is 42.4 Å². The van der Waals surface area contributed by atoms with E-state index in [1.54, 1.807) is 43.1 Å². The van der Waals surface area contributed by atoms with Crippen LogP contribution in [0.25, 0.3) is 0 Å². The third kappa shape index (κ3) is 3.30. The highest BCUT2D eigenvalue weighted by Crippen LogP contribution is 2.46. The first-order valence-electron chi connectivity index (χ1n) is 7.78. The van der Waals surface area contributed by atoms with Crippen molar-refractivity contribution in [3.63, 3.8) is 0 Å². The van der Waals surface area contributed by atoms with Crippen molar-refractivity contribution in [1.29, 1.82) is 0 Å². The zero-order valence-corrected chi connectivity index (χ0v) is 15.2. The number of carbonyl (C=O) groups excluding carboxylic acids is 1. The predicted molar refractivity (Wildman–Crippen MR) is 100 cm³/mol. The Bertz CT molecular complexity index is 804. The molecule has 2 aromatic carbocycles. The summed E-state index contributed by atoms with van der Waals surface area (Å²) in [5, 5.41) is 1.45. The van der Waals surface area contributed by atoms with Gasteiger partial charge in [0.1, 0.15) is 5.75 Å². The van der Waals surface area contributed by atoms with Crippen LogP contribution < -0.4 is 9.64 Å². The number of ether oxygens (including phenoxy) is 1. The van der Waals surface area contributed by atoms with E-state index in [2.05, 4.69) is 24.0 Å². The van der Waals surface area contributed by atoms with E-state index in [1.807, 2.05) is 12.1 Å². The quantitative estimate of drug-likeness (QED) is 0.528. The lowest BCUT2D eigenvalue weighted by Gasteiger charge is -2.19. The highest BCUT2D eigenvalue weighted by Gasteiger charge is 2.25. The first-order valence-corrected chi connectivity index (χ1v) is 8.97. The fourth-order valence-corrected chi connectivity index (χ4v) is 3.97. The Morgan fingerprint density at radius 2 is 2.08 bits per heavy atom. The number of allylic oxidation sites excluding steroid dienone is 1. The van der Waals surface area contributed by atoms with E-state index in [4.69, 9.17) is 16.3 Å². The van der Waals surface area contributed by atoms with E-state index >= 15 is 0 Å².